The van der Waals surface area contributed by atoms with Crippen LogP contribution in [0.3, 0.4) is 0 Å². The van der Waals surface area contributed by atoms with Gasteiger partial charge >= 0.3 is 0 Å². The van der Waals surface area contributed by atoms with Crippen LogP contribution in [-0.4, -0.2) is 19.0 Å². The molecule has 0 bridgehead atoms. The maximum absolute atomic E-state index is 11.1. The predicted octanol–water partition coefficient (Wildman–Crippen LogP) is 0.497. The van der Waals surface area contributed by atoms with E-state index in [4.69, 9.17) is 5.73 Å². The zero-order chi connectivity index (χ0) is 9.19. The number of amides is 1. The third-order valence-electron chi connectivity index (χ3n) is 2.88. The van der Waals surface area contributed by atoms with Crippen LogP contribution in [0.2, 0.25) is 0 Å². The fourth-order valence-electron chi connectivity index (χ4n) is 1.62. The first-order valence-corrected chi connectivity index (χ1v) is 4.53. The fourth-order valence-corrected chi connectivity index (χ4v) is 1.62. The second-order valence-corrected chi connectivity index (χ2v) is 4.23. The summed E-state index contributed by atoms with van der Waals surface area (Å²) in [6, 6.07) is 0. The first kappa shape index (κ1) is 9.52. The Kier molecular flexibility index (Phi) is 2.73. The highest BCUT2D eigenvalue weighted by molar-refractivity contribution is 5.76. The van der Waals surface area contributed by atoms with Gasteiger partial charge in [0.1, 0.15) is 0 Å². The maximum Gasteiger partial charge on any atom is 0.220 e. The Morgan fingerprint density at radius 2 is 2.33 bits per heavy atom. The third kappa shape index (κ3) is 1.97. The summed E-state index contributed by atoms with van der Waals surface area (Å²) in [5, 5.41) is 2.83. The van der Waals surface area contributed by atoms with Crippen molar-refractivity contribution in [2.24, 2.45) is 17.1 Å². The zero-order valence-electron chi connectivity index (χ0n) is 7.89. The summed E-state index contributed by atoms with van der Waals surface area (Å²) in [5.41, 5.74) is 5.76. The summed E-state index contributed by atoms with van der Waals surface area (Å²) >= 11 is 0. The SMILES string of the molecule is CC(C)(CN)C1CCNC(=O)C1. The van der Waals surface area contributed by atoms with Gasteiger partial charge in [0.05, 0.1) is 0 Å². The molecule has 0 spiro atoms. The van der Waals surface area contributed by atoms with Gasteiger partial charge in [-0.25, -0.2) is 0 Å². The largest absolute Gasteiger partial charge is 0.356 e. The molecule has 1 fully saturated rings. The maximum atomic E-state index is 11.1. The van der Waals surface area contributed by atoms with Crippen molar-refractivity contribution in [2.75, 3.05) is 13.1 Å². The normalized spacial score (nSPS) is 25.2. The van der Waals surface area contributed by atoms with Crippen molar-refractivity contribution >= 4 is 5.91 Å². The minimum absolute atomic E-state index is 0.109. The highest BCUT2D eigenvalue weighted by Crippen LogP contribution is 2.32. The van der Waals surface area contributed by atoms with Crippen LogP contribution >= 0.6 is 0 Å². The third-order valence-corrected chi connectivity index (χ3v) is 2.88. The summed E-state index contributed by atoms with van der Waals surface area (Å²) in [5.74, 6) is 0.629. The molecule has 1 atom stereocenters. The molecule has 0 aliphatic carbocycles. The van der Waals surface area contributed by atoms with Crippen molar-refractivity contribution in [3.05, 3.63) is 0 Å². The Balaban J connectivity index is 2.56. The van der Waals surface area contributed by atoms with Gasteiger partial charge in [0.25, 0.3) is 0 Å². The summed E-state index contributed by atoms with van der Waals surface area (Å²) in [4.78, 5) is 11.1. The number of nitrogens with one attached hydrogen (secondary N) is 1. The van der Waals surface area contributed by atoms with Crippen molar-refractivity contribution in [2.45, 2.75) is 26.7 Å². The molecule has 12 heavy (non-hydrogen) atoms. The van der Waals surface area contributed by atoms with Gasteiger partial charge in [-0.15, -0.1) is 0 Å². The molecule has 1 rings (SSSR count). The molecule has 0 aromatic rings. The Bertz CT molecular complexity index is 177. The predicted molar refractivity (Wildman–Crippen MR) is 48.6 cm³/mol. The second-order valence-electron chi connectivity index (χ2n) is 4.23. The molecule has 3 heteroatoms. The lowest BCUT2D eigenvalue weighted by Crippen LogP contribution is -2.42. The minimum Gasteiger partial charge on any atom is -0.356 e. The number of nitrogens with two attached hydrogens (primary N) is 1. The monoisotopic (exact) mass is 170 g/mol. The lowest BCUT2D eigenvalue weighted by atomic mass is 9.74. The van der Waals surface area contributed by atoms with Crippen LogP contribution in [0.5, 0.6) is 0 Å². The minimum atomic E-state index is 0.109. The van der Waals surface area contributed by atoms with Gasteiger partial charge in [0.2, 0.25) is 5.91 Å². The van der Waals surface area contributed by atoms with E-state index in [1.165, 1.54) is 0 Å². The molecule has 0 aromatic carbocycles. The summed E-state index contributed by atoms with van der Waals surface area (Å²) < 4.78 is 0. The smallest absolute Gasteiger partial charge is 0.220 e. The van der Waals surface area contributed by atoms with Gasteiger partial charge in [-0.05, 0) is 24.3 Å². The molecular formula is C9H18N2O. The Morgan fingerprint density at radius 3 is 2.83 bits per heavy atom. The van der Waals surface area contributed by atoms with E-state index in [2.05, 4.69) is 19.2 Å². The first-order valence-electron chi connectivity index (χ1n) is 4.53. The lowest BCUT2D eigenvalue weighted by molar-refractivity contribution is -0.124. The van der Waals surface area contributed by atoms with E-state index in [1.807, 2.05) is 0 Å². The Morgan fingerprint density at radius 1 is 1.67 bits per heavy atom. The summed E-state index contributed by atoms with van der Waals surface area (Å²) in [6.45, 7) is 5.74. The van der Waals surface area contributed by atoms with Gasteiger partial charge in [-0.2, -0.15) is 0 Å². The molecular weight excluding hydrogens is 152 g/mol. The lowest BCUT2D eigenvalue weighted by Gasteiger charge is -2.35. The van der Waals surface area contributed by atoms with Crippen LogP contribution in [0, 0.1) is 11.3 Å². The topological polar surface area (TPSA) is 55.1 Å². The van der Waals surface area contributed by atoms with E-state index in [0.29, 0.717) is 18.9 Å². The van der Waals surface area contributed by atoms with Crippen LogP contribution in [0.15, 0.2) is 0 Å². The number of rotatable bonds is 2. The fraction of sp³-hybridized carbons (Fsp3) is 0.889. The van der Waals surface area contributed by atoms with Crippen molar-refractivity contribution in [3.63, 3.8) is 0 Å². The van der Waals surface area contributed by atoms with Gasteiger partial charge in [-0.1, -0.05) is 13.8 Å². The second kappa shape index (κ2) is 3.44. The number of carbonyl (C=O) groups is 1. The van der Waals surface area contributed by atoms with E-state index in [9.17, 15) is 4.79 Å². The van der Waals surface area contributed by atoms with Crippen LogP contribution in [0.1, 0.15) is 26.7 Å². The van der Waals surface area contributed by atoms with Crippen molar-refractivity contribution < 1.29 is 4.79 Å². The molecule has 70 valence electrons. The first-order chi connectivity index (χ1) is 5.56. The van der Waals surface area contributed by atoms with E-state index >= 15 is 0 Å². The highest BCUT2D eigenvalue weighted by atomic mass is 16.1. The standard InChI is InChI=1S/C9H18N2O/c1-9(2,6-10)7-3-4-11-8(12)5-7/h7H,3-6,10H2,1-2H3,(H,11,12). The molecule has 3 N–H and O–H groups in total. The molecule has 1 aliphatic rings. The van der Waals surface area contributed by atoms with E-state index in [-0.39, 0.29) is 11.3 Å². The van der Waals surface area contributed by atoms with Crippen LogP contribution in [0.25, 0.3) is 0 Å². The molecule has 1 unspecified atom stereocenters. The molecule has 0 saturated carbocycles. The van der Waals surface area contributed by atoms with Crippen LogP contribution in [-0.2, 0) is 4.79 Å². The van der Waals surface area contributed by atoms with E-state index < -0.39 is 0 Å². The van der Waals surface area contributed by atoms with Crippen molar-refractivity contribution in [1.82, 2.24) is 5.32 Å². The average molecular weight is 170 g/mol. The summed E-state index contributed by atoms with van der Waals surface area (Å²) in [6.07, 6.45) is 1.71. The van der Waals surface area contributed by atoms with Gasteiger partial charge in [0, 0.05) is 13.0 Å². The molecule has 1 heterocycles. The van der Waals surface area contributed by atoms with Crippen LogP contribution < -0.4 is 11.1 Å². The number of carbonyl (C=O) groups excluding carboxylic acids is 1. The molecule has 3 nitrogen and oxygen atoms in total. The molecule has 1 aliphatic heterocycles. The van der Waals surface area contributed by atoms with E-state index in [0.717, 1.165) is 13.0 Å². The Hall–Kier alpha value is -0.570. The number of hydrogen-bond acceptors (Lipinski definition) is 2. The summed E-state index contributed by atoms with van der Waals surface area (Å²) in [7, 11) is 0. The average Bonchev–Trinajstić information content (AvgIpc) is 2.05. The molecule has 1 amide bonds. The van der Waals surface area contributed by atoms with Gasteiger partial charge in [0.15, 0.2) is 0 Å². The Labute approximate surface area is 73.7 Å². The highest BCUT2D eigenvalue weighted by Gasteiger charge is 2.31. The zero-order valence-corrected chi connectivity index (χ0v) is 7.89. The quantitative estimate of drug-likeness (QED) is 0.634. The van der Waals surface area contributed by atoms with Crippen molar-refractivity contribution in [1.29, 1.82) is 0 Å². The van der Waals surface area contributed by atoms with Crippen molar-refractivity contribution in [3.8, 4) is 0 Å². The van der Waals surface area contributed by atoms with E-state index in [1.54, 1.807) is 0 Å². The molecule has 1 saturated heterocycles. The van der Waals surface area contributed by atoms with Crippen LogP contribution in [0.4, 0.5) is 0 Å². The van der Waals surface area contributed by atoms with Gasteiger partial charge in [-0.3, -0.25) is 4.79 Å². The molecule has 0 radical (unpaired) electrons. The number of hydrogen-bond donors (Lipinski definition) is 2. The molecule has 0 aromatic heterocycles. The van der Waals surface area contributed by atoms with Gasteiger partial charge < -0.3 is 11.1 Å². The number of piperidine rings is 1.